The van der Waals surface area contributed by atoms with E-state index >= 15 is 0 Å². The highest BCUT2D eigenvalue weighted by Gasteiger charge is 2.27. The molecule has 1 saturated heterocycles. The molecule has 2 heteroatoms. The summed E-state index contributed by atoms with van der Waals surface area (Å²) >= 11 is 0. The number of likely N-dealkylation sites (tertiary alicyclic amines) is 1. The van der Waals surface area contributed by atoms with Gasteiger partial charge in [0.2, 0.25) is 0 Å². The minimum atomic E-state index is 0.783. The number of likely N-dealkylation sites (N-methyl/N-ethyl adjacent to an activating group) is 1. The van der Waals surface area contributed by atoms with Gasteiger partial charge >= 0.3 is 0 Å². The van der Waals surface area contributed by atoms with Crippen LogP contribution < -0.4 is 5.32 Å². The fourth-order valence-corrected chi connectivity index (χ4v) is 3.80. The Morgan fingerprint density at radius 2 is 2.00 bits per heavy atom. The Hall–Kier alpha value is -0.0800. The van der Waals surface area contributed by atoms with Crippen LogP contribution in [0, 0.1) is 11.8 Å². The van der Waals surface area contributed by atoms with Crippen molar-refractivity contribution >= 4 is 0 Å². The Bertz CT molecular complexity index is 229. The molecule has 0 bridgehead atoms. The molecule has 2 fully saturated rings. The minimum Gasteiger partial charge on any atom is -0.312 e. The summed E-state index contributed by atoms with van der Waals surface area (Å²) in [5.41, 5.74) is 0. The maximum atomic E-state index is 3.86. The van der Waals surface area contributed by atoms with Crippen LogP contribution in [0.15, 0.2) is 0 Å². The summed E-state index contributed by atoms with van der Waals surface area (Å²) in [6.45, 7) is 10.9. The smallest absolute Gasteiger partial charge is 0.0221 e. The third-order valence-corrected chi connectivity index (χ3v) is 4.95. The molecule has 0 spiro atoms. The highest BCUT2D eigenvalue weighted by molar-refractivity contribution is 4.85. The van der Waals surface area contributed by atoms with Crippen LogP contribution in [-0.2, 0) is 0 Å². The van der Waals surface area contributed by atoms with E-state index in [1.165, 1.54) is 51.7 Å². The molecule has 2 aliphatic rings. The van der Waals surface area contributed by atoms with E-state index in [0.29, 0.717) is 0 Å². The number of nitrogens with one attached hydrogen (secondary N) is 1. The zero-order valence-electron chi connectivity index (χ0n) is 11.9. The molecular formula is C15H30N2. The maximum absolute atomic E-state index is 3.86. The zero-order chi connectivity index (χ0) is 12.3. The monoisotopic (exact) mass is 238 g/mol. The van der Waals surface area contributed by atoms with Crippen LogP contribution in [0.1, 0.15) is 52.9 Å². The van der Waals surface area contributed by atoms with Gasteiger partial charge in [-0.1, -0.05) is 20.8 Å². The summed E-state index contributed by atoms with van der Waals surface area (Å²) in [7, 11) is 0. The summed E-state index contributed by atoms with van der Waals surface area (Å²) in [6.07, 6.45) is 7.03. The third kappa shape index (κ3) is 3.45. The first-order chi connectivity index (χ1) is 8.20. The van der Waals surface area contributed by atoms with Gasteiger partial charge in [-0.3, -0.25) is 4.90 Å². The van der Waals surface area contributed by atoms with E-state index < -0.39 is 0 Å². The molecule has 2 nitrogen and oxygen atoms in total. The van der Waals surface area contributed by atoms with Gasteiger partial charge < -0.3 is 5.32 Å². The second kappa shape index (κ2) is 6.19. The number of nitrogens with zero attached hydrogens (tertiary/aromatic N) is 1. The van der Waals surface area contributed by atoms with Gasteiger partial charge in [-0.2, -0.15) is 0 Å². The van der Waals surface area contributed by atoms with Crippen molar-refractivity contribution in [3.05, 3.63) is 0 Å². The molecule has 4 atom stereocenters. The van der Waals surface area contributed by atoms with E-state index in [1.807, 2.05) is 0 Å². The van der Waals surface area contributed by atoms with Gasteiger partial charge in [-0.05, 0) is 57.0 Å². The maximum Gasteiger partial charge on any atom is 0.0221 e. The molecular weight excluding hydrogens is 208 g/mol. The number of hydrogen-bond acceptors (Lipinski definition) is 2. The molecule has 1 N–H and O–H groups in total. The van der Waals surface area contributed by atoms with Crippen LogP contribution in [0.4, 0.5) is 0 Å². The van der Waals surface area contributed by atoms with Crippen molar-refractivity contribution in [2.45, 2.75) is 65.0 Å². The standard InChI is InChI=1S/C15H30N2/c1-4-17-9-5-6-14(17)11-16-15-8-7-12(2)10-13(15)3/h12-16H,4-11H2,1-3H3. The average Bonchev–Trinajstić information content (AvgIpc) is 2.75. The first kappa shape index (κ1) is 13.4. The Kier molecular flexibility index (Phi) is 4.87. The Labute approximate surface area is 107 Å². The van der Waals surface area contributed by atoms with Gasteiger partial charge in [0.1, 0.15) is 0 Å². The summed E-state index contributed by atoms with van der Waals surface area (Å²) < 4.78 is 0. The van der Waals surface area contributed by atoms with Crippen LogP contribution in [-0.4, -0.2) is 36.6 Å². The van der Waals surface area contributed by atoms with Gasteiger partial charge in [0.15, 0.2) is 0 Å². The molecule has 100 valence electrons. The van der Waals surface area contributed by atoms with Crippen LogP contribution in [0.5, 0.6) is 0 Å². The molecule has 1 aliphatic carbocycles. The highest BCUT2D eigenvalue weighted by atomic mass is 15.2. The molecule has 0 radical (unpaired) electrons. The zero-order valence-corrected chi connectivity index (χ0v) is 11.9. The lowest BCUT2D eigenvalue weighted by atomic mass is 9.80. The largest absolute Gasteiger partial charge is 0.312 e. The van der Waals surface area contributed by atoms with Gasteiger partial charge in [0.05, 0.1) is 0 Å². The fourth-order valence-electron chi connectivity index (χ4n) is 3.80. The van der Waals surface area contributed by atoms with Crippen molar-refractivity contribution in [3.63, 3.8) is 0 Å². The van der Waals surface area contributed by atoms with Crippen LogP contribution in [0.2, 0.25) is 0 Å². The molecule has 17 heavy (non-hydrogen) atoms. The molecule has 0 amide bonds. The van der Waals surface area contributed by atoms with Gasteiger partial charge in [-0.15, -0.1) is 0 Å². The number of hydrogen-bond donors (Lipinski definition) is 1. The van der Waals surface area contributed by atoms with Crippen molar-refractivity contribution < 1.29 is 0 Å². The average molecular weight is 238 g/mol. The first-order valence-electron chi connectivity index (χ1n) is 7.68. The van der Waals surface area contributed by atoms with Gasteiger partial charge in [0.25, 0.3) is 0 Å². The number of rotatable bonds is 4. The SMILES string of the molecule is CCN1CCCC1CNC1CCC(C)CC1C. The lowest BCUT2D eigenvalue weighted by Gasteiger charge is -2.35. The normalized spacial score (nSPS) is 39.7. The van der Waals surface area contributed by atoms with Crippen molar-refractivity contribution in [1.29, 1.82) is 0 Å². The molecule has 1 aliphatic heterocycles. The molecule has 0 aromatic rings. The molecule has 1 heterocycles. The lowest BCUT2D eigenvalue weighted by molar-refractivity contribution is 0.201. The quantitative estimate of drug-likeness (QED) is 0.810. The summed E-state index contributed by atoms with van der Waals surface area (Å²) in [4.78, 5) is 2.64. The third-order valence-electron chi connectivity index (χ3n) is 4.95. The van der Waals surface area contributed by atoms with Gasteiger partial charge in [-0.25, -0.2) is 0 Å². The van der Waals surface area contributed by atoms with E-state index in [9.17, 15) is 0 Å². The van der Waals surface area contributed by atoms with E-state index in [1.54, 1.807) is 0 Å². The fraction of sp³-hybridized carbons (Fsp3) is 1.00. The van der Waals surface area contributed by atoms with Crippen molar-refractivity contribution in [1.82, 2.24) is 10.2 Å². The second-order valence-corrected chi connectivity index (χ2v) is 6.33. The van der Waals surface area contributed by atoms with Crippen LogP contribution >= 0.6 is 0 Å². The molecule has 1 saturated carbocycles. The van der Waals surface area contributed by atoms with Gasteiger partial charge in [0, 0.05) is 18.6 Å². The van der Waals surface area contributed by atoms with Crippen molar-refractivity contribution in [2.24, 2.45) is 11.8 Å². The van der Waals surface area contributed by atoms with Crippen LogP contribution in [0.3, 0.4) is 0 Å². The van der Waals surface area contributed by atoms with Crippen LogP contribution in [0.25, 0.3) is 0 Å². The molecule has 0 aromatic heterocycles. The summed E-state index contributed by atoms with van der Waals surface area (Å²) in [5.74, 6) is 1.82. The Morgan fingerprint density at radius 1 is 1.18 bits per heavy atom. The van der Waals surface area contributed by atoms with Crippen molar-refractivity contribution in [3.8, 4) is 0 Å². The predicted molar refractivity (Wildman–Crippen MR) is 74.2 cm³/mol. The van der Waals surface area contributed by atoms with E-state index in [4.69, 9.17) is 0 Å². The van der Waals surface area contributed by atoms with E-state index in [0.717, 1.165) is 23.9 Å². The molecule has 0 aromatic carbocycles. The molecule has 2 rings (SSSR count). The Morgan fingerprint density at radius 3 is 2.71 bits per heavy atom. The topological polar surface area (TPSA) is 15.3 Å². The summed E-state index contributed by atoms with van der Waals surface area (Å²) in [6, 6.07) is 1.59. The minimum absolute atomic E-state index is 0.783. The van der Waals surface area contributed by atoms with E-state index in [-0.39, 0.29) is 0 Å². The second-order valence-electron chi connectivity index (χ2n) is 6.33. The summed E-state index contributed by atoms with van der Waals surface area (Å²) in [5, 5.41) is 3.86. The lowest BCUT2D eigenvalue weighted by Crippen LogP contribution is -2.45. The first-order valence-corrected chi connectivity index (χ1v) is 7.68. The Balaban J connectivity index is 1.74. The molecule has 4 unspecified atom stereocenters. The van der Waals surface area contributed by atoms with Crippen molar-refractivity contribution in [2.75, 3.05) is 19.6 Å². The predicted octanol–water partition coefficient (Wildman–Crippen LogP) is 2.89. The van der Waals surface area contributed by atoms with E-state index in [2.05, 4.69) is 31.0 Å². The highest BCUT2D eigenvalue weighted by Crippen LogP contribution is 2.28.